The summed E-state index contributed by atoms with van der Waals surface area (Å²) in [6.45, 7) is 0.783. The molecule has 0 atom stereocenters. The van der Waals surface area contributed by atoms with Crippen molar-refractivity contribution in [2.45, 2.75) is 13.0 Å². The lowest BCUT2D eigenvalue weighted by Crippen LogP contribution is -2.30. The van der Waals surface area contributed by atoms with Crippen LogP contribution in [-0.2, 0) is 6.54 Å². The van der Waals surface area contributed by atoms with Gasteiger partial charge in [-0.15, -0.1) is 0 Å². The molecule has 0 radical (unpaired) electrons. The Hall–Kier alpha value is -4.46. The van der Waals surface area contributed by atoms with E-state index >= 15 is 0 Å². The molecule has 0 spiro atoms. The number of phenolic OH excluding ortho intramolecular Hbond substituents is 1. The van der Waals surface area contributed by atoms with Gasteiger partial charge in [0.25, 0.3) is 23.6 Å². The highest BCUT2D eigenvalue weighted by Gasteiger charge is 2.34. The highest BCUT2D eigenvalue weighted by molar-refractivity contribution is 6.21. The molecule has 0 saturated heterocycles. The summed E-state index contributed by atoms with van der Waals surface area (Å²) in [6, 6.07) is 19.5. The van der Waals surface area contributed by atoms with Crippen molar-refractivity contribution >= 4 is 23.6 Å². The number of nitrogens with zero attached hydrogens (tertiary/aromatic N) is 1. The van der Waals surface area contributed by atoms with Gasteiger partial charge < -0.3 is 15.7 Å². The lowest BCUT2D eigenvalue weighted by atomic mass is 10.1. The Morgan fingerprint density at radius 3 is 1.88 bits per heavy atom. The normalized spacial score (nSPS) is 12.4. The number of phenols is 1. The number of nitrogens with one attached hydrogen (secondary N) is 2. The molecule has 1 aliphatic heterocycles. The van der Waals surface area contributed by atoms with E-state index in [-0.39, 0.29) is 35.9 Å². The SMILES string of the molecule is O=C(NCCCNC(=O)c1cccc(CN2C(=O)c3ccccc3C2=O)c1)c1cccc(O)c1. The van der Waals surface area contributed by atoms with E-state index in [0.29, 0.717) is 47.3 Å². The summed E-state index contributed by atoms with van der Waals surface area (Å²) in [5.74, 6) is -1.26. The molecule has 0 unspecified atom stereocenters. The topological polar surface area (TPSA) is 116 Å². The number of amides is 4. The molecule has 0 saturated carbocycles. The van der Waals surface area contributed by atoms with E-state index in [1.165, 1.54) is 17.0 Å². The van der Waals surface area contributed by atoms with Crippen LogP contribution in [0.4, 0.5) is 0 Å². The van der Waals surface area contributed by atoms with Crippen molar-refractivity contribution in [2.24, 2.45) is 0 Å². The Bertz CT molecular complexity index is 1240. The van der Waals surface area contributed by atoms with Gasteiger partial charge in [-0.2, -0.15) is 0 Å². The third-order valence-electron chi connectivity index (χ3n) is 5.44. The van der Waals surface area contributed by atoms with Gasteiger partial charge in [0, 0.05) is 24.2 Å². The van der Waals surface area contributed by atoms with E-state index < -0.39 is 0 Å². The van der Waals surface area contributed by atoms with Gasteiger partial charge in [-0.3, -0.25) is 24.1 Å². The number of imide groups is 1. The molecule has 3 aromatic carbocycles. The molecule has 0 fully saturated rings. The zero-order valence-corrected chi connectivity index (χ0v) is 18.3. The number of carbonyl (C=O) groups is 4. The maximum Gasteiger partial charge on any atom is 0.261 e. The number of hydrogen-bond acceptors (Lipinski definition) is 5. The quantitative estimate of drug-likeness (QED) is 0.355. The van der Waals surface area contributed by atoms with Crippen molar-refractivity contribution in [3.63, 3.8) is 0 Å². The summed E-state index contributed by atoms with van der Waals surface area (Å²) in [4.78, 5) is 50.9. The number of carbonyl (C=O) groups excluding carboxylic acids is 4. The van der Waals surface area contributed by atoms with Crippen LogP contribution in [0.25, 0.3) is 0 Å². The second-order valence-corrected chi connectivity index (χ2v) is 7.86. The zero-order chi connectivity index (χ0) is 24.1. The van der Waals surface area contributed by atoms with E-state index in [1.54, 1.807) is 60.7 Å². The standard InChI is InChI=1S/C26H23N3O5/c30-20-9-4-8-19(15-20)24(32)28-13-5-12-27-23(31)18-7-3-6-17(14-18)16-29-25(33)21-10-1-2-11-22(21)26(29)34/h1-4,6-11,14-15,30H,5,12-13,16H2,(H,27,31)(H,28,32). The van der Waals surface area contributed by atoms with Gasteiger partial charge in [0.1, 0.15) is 5.75 Å². The third kappa shape index (κ3) is 4.96. The molecule has 3 N–H and O–H groups in total. The summed E-state index contributed by atoms with van der Waals surface area (Å²) in [7, 11) is 0. The highest BCUT2D eigenvalue weighted by Crippen LogP contribution is 2.24. The van der Waals surface area contributed by atoms with Crippen LogP contribution in [0.15, 0.2) is 72.8 Å². The number of fused-ring (bicyclic) bond motifs is 1. The molecular weight excluding hydrogens is 434 g/mol. The maximum atomic E-state index is 12.6. The van der Waals surface area contributed by atoms with Crippen LogP contribution in [0.1, 0.15) is 53.4 Å². The number of rotatable bonds is 8. The van der Waals surface area contributed by atoms with Crippen LogP contribution < -0.4 is 10.6 Å². The molecule has 0 aliphatic carbocycles. The molecule has 1 heterocycles. The summed E-state index contributed by atoms with van der Waals surface area (Å²) in [5, 5.41) is 15.0. The molecule has 172 valence electrons. The van der Waals surface area contributed by atoms with Crippen molar-refractivity contribution in [3.05, 3.63) is 101 Å². The predicted octanol–water partition coefficient (Wildman–Crippen LogP) is 2.74. The summed E-state index contributed by atoms with van der Waals surface area (Å²) < 4.78 is 0. The fourth-order valence-electron chi connectivity index (χ4n) is 3.72. The molecular formula is C26H23N3O5. The van der Waals surface area contributed by atoms with Crippen molar-refractivity contribution in [1.29, 1.82) is 0 Å². The van der Waals surface area contributed by atoms with Gasteiger partial charge >= 0.3 is 0 Å². The number of aromatic hydroxyl groups is 1. The van der Waals surface area contributed by atoms with Crippen LogP contribution >= 0.6 is 0 Å². The average molecular weight is 457 g/mol. The Kier molecular flexibility index (Phi) is 6.68. The molecule has 8 nitrogen and oxygen atoms in total. The molecule has 34 heavy (non-hydrogen) atoms. The lowest BCUT2D eigenvalue weighted by Gasteiger charge is -2.14. The van der Waals surface area contributed by atoms with Crippen molar-refractivity contribution < 1.29 is 24.3 Å². The van der Waals surface area contributed by atoms with Crippen LogP contribution in [0.2, 0.25) is 0 Å². The molecule has 1 aliphatic rings. The molecule has 4 rings (SSSR count). The number of hydrogen-bond donors (Lipinski definition) is 3. The first kappa shape index (κ1) is 22.7. The van der Waals surface area contributed by atoms with Crippen LogP contribution in [0.5, 0.6) is 5.75 Å². The van der Waals surface area contributed by atoms with E-state index in [4.69, 9.17) is 0 Å². The lowest BCUT2D eigenvalue weighted by molar-refractivity contribution is 0.0641. The van der Waals surface area contributed by atoms with E-state index in [9.17, 15) is 24.3 Å². The average Bonchev–Trinajstić information content (AvgIpc) is 3.09. The van der Waals surface area contributed by atoms with Gasteiger partial charge in [0.05, 0.1) is 17.7 Å². The molecule has 8 heteroatoms. The molecule has 4 amide bonds. The second kappa shape index (κ2) is 9.99. The first-order chi connectivity index (χ1) is 16.4. The largest absolute Gasteiger partial charge is 0.508 e. The Morgan fingerprint density at radius 1 is 0.735 bits per heavy atom. The first-order valence-corrected chi connectivity index (χ1v) is 10.8. The Morgan fingerprint density at radius 2 is 1.29 bits per heavy atom. The van der Waals surface area contributed by atoms with Gasteiger partial charge in [-0.25, -0.2) is 0 Å². The Labute approximate surface area is 196 Å². The summed E-state index contributed by atoms with van der Waals surface area (Å²) in [6.07, 6.45) is 0.519. The number of benzene rings is 3. The van der Waals surface area contributed by atoms with E-state index in [1.807, 2.05) is 0 Å². The highest BCUT2D eigenvalue weighted by atomic mass is 16.3. The smallest absolute Gasteiger partial charge is 0.261 e. The minimum Gasteiger partial charge on any atom is -0.508 e. The predicted molar refractivity (Wildman–Crippen MR) is 124 cm³/mol. The van der Waals surface area contributed by atoms with E-state index in [0.717, 1.165) is 0 Å². The zero-order valence-electron chi connectivity index (χ0n) is 18.3. The first-order valence-electron chi connectivity index (χ1n) is 10.8. The fourth-order valence-corrected chi connectivity index (χ4v) is 3.72. The van der Waals surface area contributed by atoms with Gasteiger partial charge in [0.2, 0.25) is 0 Å². The van der Waals surface area contributed by atoms with Crippen LogP contribution in [0, 0.1) is 0 Å². The minimum atomic E-state index is -0.344. The van der Waals surface area contributed by atoms with Gasteiger partial charge in [-0.05, 0) is 54.4 Å². The summed E-state index contributed by atoms with van der Waals surface area (Å²) >= 11 is 0. The Balaban J connectivity index is 1.27. The minimum absolute atomic E-state index is 0.0187. The third-order valence-corrected chi connectivity index (χ3v) is 5.44. The molecule has 0 bridgehead atoms. The van der Waals surface area contributed by atoms with Crippen molar-refractivity contribution in [1.82, 2.24) is 15.5 Å². The van der Waals surface area contributed by atoms with E-state index in [2.05, 4.69) is 10.6 Å². The molecule has 3 aromatic rings. The van der Waals surface area contributed by atoms with Crippen LogP contribution in [0.3, 0.4) is 0 Å². The fraction of sp³-hybridized carbons (Fsp3) is 0.154. The van der Waals surface area contributed by atoms with Crippen molar-refractivity contribution in [2.75, 3.05) is 13.1 Å². The van der Waals surface area contributed by atoms with Crippen molar-refractivity contribution in [3.8, 4) is 5.75 Å². The second-order valence-electron chi connectivity index (χ2n) is 7.86. The van der Waals surface area contributed by atoms with Crippen LogP contribution in [-0.4, -0.2) is 46.7 Å². The van der Waals surface area contributed by atoms with Gasteiger partial charge in [0.15, 0.2) is 0 Å². The summed E-state index contributed by atoms with van der Waals surface area (Å²) in [5.41, 5.74) is 2.22. The monoisotopic (exact) mass is 457 g/mol. The molecule has 0 aromatic heterocycles. The van der Waals surface area contributed by atoms with Gasteiger partial charge in [-0.1, -0.05) is 30.3 Å². The maximum absolute atomic E-state index is 12.6.